The van der Waals surface area contributed by atoms with Crippen molar-refractivity contribution in [2.45, 2.75) is 91.9 Å². The molecule has 3 aliphatic rings. The summed E-state index contributed by atoms with van der Waals surface area (Å²) in [6.45, 7) is 16.8. The number of piperidine rings is 1. The molecule has 1 saturated heterocycles. The Balaban J connectivity index is 1.80. The average molecular weight is 590 g/mol. The monoisotopic (exact) mass is 589 g/mol. The SMILES string of the molecule is C=CCOC(=O)[C@@H](NC(=O)N[C@H](C(=O)N1C[C@H]2[C@@H]([C@H]1C(=O)NC(CC1CC1)C(=O)C(N)=O)C2(C)C)C(C)(C)C)C(C)C. The first kappa shape index (κ1) is 33.1. The Labute approximate surface area is 247 Å². The maximum absolute atomic E-state index is 14.1. The molecule has 1 heterocycles. The van der Waals surface area contributed by atoms with Crippen molar-refractivity contribution in [1.82, 2.24) is 20.9 Å². The molecule has 0 spiro atoms. The normalized spacial score (nSPS) is 24.5. The van der Waals surface area contributed by atoms with Gasteiger partial charge in [0.1, 0.15) is 24.7 Å². The Kier molecular flexibility index (Phi) is 9.78. The molecule has 1 unspecified atom stereocenters. The van der Waals surface area contributed by atoms with Crippen LogP contribution in [0.4, 0.5) is 4.79 Å². The number of hydrogen-bond acceptors (Lipinski definition) is 7. The Hall–Kier alpha value is -3.44. The number of ketones is 1. The summed E-state index contributed by atoms with van der Waals surface area (Å²) in [4.78, 5) is 79.1. The van der Waals surface area contributed by atoms with E-state index < -0.39 is 65.1 Å². The summed E-state index contributed by atoms with van der Waals surface area (Å²) in [6, 6.07) is -4.64. The lowest BCUT2D eigenvalue weighted by Crippen LogP contribution is -2.62. The first-order valence-electron chi connectivity index (χ1n) is 14.7. The molecule has 0 aromatic carbocycles. The molecule has 234 valence electrons. The number of nitrogens with one attached hydrogen (secondary N) is 3. The van der Waals surface area contributed by atoms with E-state index >= 15 is 0 Å². The van der Waals surface area contributed by atoms with E-state index in [2.05, 4.69) is 22.5 Å². The number of nitrogens with zero attached hydrogens (tertiary/aromatic N) is 1. The van der Waals surface area contributed by atoms with Crippen molar-refractivity contribution < 1.29 is 33.5 Å². The fraction of sp³-hybridized carbons (Fsp3) is 0.733. The van der Waals surface area contributed by atoms with E-state index in [-0.39, 0.29) is 35.7 Å². The van der Waals surface area contributed by atoms with E-state index in [1.165, 1.54) is 11.0 Å². The molecular formula is C30H47N5O7. The topological polar surface area (TPSA) is 177 Å². The van der Waals surface area contributed by atoms with Crippen LogP contribution in [0.3, 0.4) is 0 Å². The molecule has 0 bridgehead atoms. The maximum Gasteiger partial charge on any atom is 0.329 e. The van der Waals surface area contributed by atoms with Gasteiger partial charge in [0.2, 0.25) is 17.6 Å². The van der Waals surface area contributed by atoms with Gasteiger partial charge in [-0.05, 0) is 40.9 Å². The van der Waals surface area contributed by atoms with Crippen molar-refractivity contribution in [3.05, 3.63) is 12.7 Å². The van der Waals surface area contributed by atoms with Crippen LogP contribution < -0.4 is 21.7 Å². The van der Waals surface area contributed by atoms with E-state index in [4.69, 9.17) is 10.5 Å². The van der Waals surface area contributed by atoms with Gasteiger partial charge in [0, 0.05) is 6.54 Å². The van der Waals surface area contributed by atoms with E-state index in [0.29, 0.717) is 13.0 Å². The largest absolute Gasteiger partial charge is 0.460 e. The van der Waals surface area contributed by atoms with Gasteiger partial charge in [-0.1, -0.05) is 74.0 Å². The molecule has 0 aromatic rings. The third-order valence-corrected chi connectivity index (χ3v) is 8.84. The van der Waals surface area contributed by atoms with Crippen molar-refractivity contribution >= 4 is 35.5 Å². The summed E-state index contributed by atoms with van der Waals surface area (Å²) in [6.07, 6.45) is 3.57. The van der Waals surface area contributed by atoms with Crippen LogP contribution in [0.5, 0.6) is 0 Å². The standard InChI is InChI=1S/C30H47N5O7/c1-9-12-42-27(40)20(15(2)3)33-28(41)34-23(29(4,5)6)26(39)35-14-17-19(30(17,7)8)21(35)25(38)32-18(13-16-10-11-16)22(36)24(31)37/h9,15-21,23H,1,10-14H2,2-8H3,(H2,31,37)(H,32,38)(H2,33,34,41)/t17-,18?,19-,20-,21-,23+/m0/s1. The summed E-state index contributed by atoms with van der Waals surface area (Å²) in [5.74, 6) is -3.68. The van der Waals surface area contributed by atoms with Crippen LogP contribution >= 0.6 is 0 Å². The highest BCUT2D eigenvalue weighted by atomic mass is 16.5. The number of carbonyl (C=O) groups excluding carboxylic acids is 6. The third kappa shape index (κ3) is 7.30. The fourth-order valence-electron chi connectivity index (χ4n) is 6.02. The van der Waals surface area contributed by atoms with Crippen molar-refractivity contribution in [2.24, 2.45) is 40.2 Å². The highest BCUT2D eigenvalue weighted by molar-refractivity contribution is 6.37. The van der Waals surface area contributed by atoms with Gasteiger partial charge < -0.3 is 31.3 Å². The lowest BCUT2D eigenvalue weighted by molar-refractivity contribution is -0.145. The Morgan fingerprint density at radius 1 is 1.07 bits per heavy atom. The zero-order valence-corrected chi connectivity index (χ0v) is 25.8. The van der Waals surface area contributed by atoms with Gasteiger partial charge in [-0.3, -0.25) is 19.2 Å². The molecule has 12 nitrogen and oxygen atoms in total. The first-order valence-corrected chi connectivity index (χ1v) is 14.7. The van der Waals surface area contributed by atoms with Gasteiger partial charge in [0.05, 0.1) is 6.04 Å². The van der Waals surface area contributed by atoms with E-state index in [1.54, 1.807) is 34.6 Å². The number of urea groups is 1. The molecule has 2 aliphatic carbocycles. The summed E-state index contributed by atoms with van der Waals surface area (Å²) in [5, 5.41) is 8.09. The van der Waals surface area contributed by atoms with Crippen LogP contribution in [0.25, 0.3) is 0 Å². The Morgan fingerprint density at radius 2 is 1.69 bits per heavy atom. The number of carbonyl (C=O) groups is 6. The minimum Gasteiger partial charge on any atom is -0.460 e. The number of fused-ring (bicyclic) bond motifs is 1. The average Bonchev–Trinajstić information content (AvgIpc) is 3.74. The molecule has 5 N–H and O–H groups in total. The third-order valence-electron chi connectivity index (χ3n) is 8.84. The predicted molar refractivity (Wildman–Crippen MR) is 154 cm³/mol. The number of ether oxygens (including phenoxy) is 1. The zero-order chi connectivity index (χ0) is 31.7. The lowest BCUT2D eigenvalue weighted by atomic mass is 9.85. The smallest absolute Gasteiger partial charge is 0.329 e. The number of Topliss-reactive ketones (excluding diaryl/α,β-unsaturated/α-hetero) is 1. The molecular weight excluding hydrogens is 542 g/mol. The Morgan fingerprint density at radius 3 is 2.19 bits per heavy atom. The number of hydrogen-bond donors (Lipinski definition) is 4. The first-order chi connectivity index (χ1) is 19.4. The summed E-state index contributed by atoms with van der Waals surface area (Å²) in [7, 11) is 0. The van der Waals surface area contributed by atoms with Crippen LogP contribution in [-0.2, 0) is 28.7 Å². The molecule has 6 atom stereocenters. The summed E-state index contributed by atoms with van der Waals surface area (Å²) in [5.41, 5.74) is 4.31. The number of primary amides is 1. The van der Waals surface area contributed by atoms with Crippen LogP contribution in [0.15, 0.2) is 12.7 Å². The van der Waals surface area contributed by atoms with Gasteiger partial charge in [-0.2, -0.15) is 0 Å². The molecule has 0 aromatic heterocycles. The van der Waals surface area contributed by atoms with Crippen LogP contribution in [0.2, 0.25) is 0 Å². The van der Waals surface area contributed by atoms with Gasteiger partial charge in [-0.15, -0.1) is 0 Å². The van der Waals surface area contributed by atoms with Crippen molar-refractivity contribution in [2.75, 3.05) is 13.2 Å². The van der Waals surface area contributed by atoms with Crippen LogP contribution in [0.1, 0.15) is 67.7 Å². The quantitative estimate of drug-likeness (QED) is 0.142. The second-order valence-corrected chi connectivity index (χ2v) is 13.9. The maximum atomic E-state index is 14.1. The zero-order valence-electron chi connectivity index (χ0n) is 25.8. The number of nitrogens with two attached hydrogens (primary N) is 1. The van der Waals surface area contributed by atoms with E-state index in [0.717, 1.165) is 12.8 Å². The second kappa shape index (κ2) is 12.4. The molecule has 5 amide bonds. The molecule has 0 radical (unpaired) electrons. The summed E-state index contributed by atoms with van der Waals surface area (Å²) >= 11 is 0. The van der Waals surface area contributed by atoms with Gasteiger partial charge in [-0.25, -0.2) is 9.59 Å². The predicted octanol–water partition coefficient (Wildman–Crippen LogP) is 1.28. The minimum absolute atomic E-state index is 0.00189. The van der Waals surface area contributed by atoms with Gasteiger partial charge in [0.15, 0.2) is 0 Å². The number of esters is 1. The van der Waals surface area contributed by atoms with Crippen LogP contribution in [0, 0.1) is 34.5 Å². The molecule has 2 saturated carbocycles. The number of amides is 5. The summed E-state index contributed by atoms with van der Waals surface area (Å²) < 4.78 is 5.11. The Bertz CT molecular complexity index is 1120. The van der Waals surface area contributed by atoms with Crippen molar-refractivity contribution in [3.63, 3.8) is 0 Å². The number of rotatable bonds is 13. The van der Waals surface area contributed by atoms with Crippen LogP contribution in [-0.4, -0.2) is 77.7 Å². The minimum atomic E-state index is -1.11. The molecule has 42 heavy (non-hydrogen) atoms. The van der Waals surface area contributed by atoms with E-state index in [1.807, 2.05) is 13.8 Å². The highest BCUT2D eigenvalue weighted by Gasteiger charge is 2.70. The molecule has 3 rings (SSSR count). The van der Waals surface area contributed by atoms with E-state index in [9.17, 15) is 28.8 Å². The highest BCUT2D eigenvalue weighted by Crippen LogP contribution is 2.65. The molecule has 1 aliphatic heterocycles. The molecule has 12 heteroatoms. The molecule has 3 fully saturated rings. The van der Waals surface area contributed by atoms with Crippen molar-refractivity contribution in [1.29, 1.82) is 0 Å². The lowest BCUT2D eigenvalue weighted by Gasteiger charge is -2.38. The van der Waals surface area contributed by atoms with Gasteiger partial charge in [0.25, 0.3) is 5.91 Å². The van der Waals surface area contributed by atoms with Crippen molar-refractivity contribution in [3.8, 4) is 0 Å². The number of likely N-dealkylation sites (tertiary alicyclic amines) is 1. The second-order valence-electron chi connectivity index (χ2n) is 13.9. The van der Waals surface area contributed by atoms with Gasteiger partial charge >= 0.3 is 12.0 Å². The fourth-order valence-corrected chi connectivity index (χ4v) is 6.02.